The highest BCUT2D eigenvalue weighted by Crippen LogP contribution is 2.46. The molecular formula is C15H25N3O2S. The number of aliphatic carboxylic acids is 1. The lowest BCUT2D eigenvalue weighted by molar-refractivity contribution is -0.143. The maximum absolute atomic E-state index is 11.5. The molecule has 0 amide bonds. The van der Waals surface area contributed by atoms with Gasteiger partial charge in [0.25, 0.3) is 0 Å². The minimum Gasteiger partial charge on any atom is -0.481 e. The van der Waals surface area contributed by atoms with E-state index in [9.17, 15) is 9.90 Å². The molecule has 2 N–H and O–H groups in total. The van der Waals surface area contributed by atoms with E-state index in [0.717, 1.165) is 31.5 Å². The third-order valence-electron chi connectivity index (χ3n) is 4.96. The van der Waals surface area contributed by atoms with Gasteiger partial charge in [-0.2, -0.15) is 0 Å². The van der Waals surface area contributed by atoms with Gasteiger partial charge in [0.15, 0.2) is 0 Å². The van der Waals surface area contributed by atoms with E-state index in [1.807, 2.05) is 6.92 Å². The first-order valence-electron chi connectivity index (χ1n) is 7.62. The van der Waals surface area contributed by atoms with Gasteiger partial charge in [-0.25, -0.2) is 4.98 Å². The number of hydrogen-bond donors (Lipinski definition) is 2. The van der Waals surface area contributed by atoms with Gasteiger partial charge in [-0.15, -0.1) is 5.10 Å². The summed E-state index contributed by atoms with van der Waals surface area (Å²) in [6, 6.07) is 0. The van der Waals surface area contributed by atoms with Gasteiger partial charge in [0.2, 0.25) is 5.16 Å². The normalized spacial score (nSPS) is 26.8. The maximum atomic E-state index is 11.5. The quantitative estimate of drug-likeness (QED) is 0.870. The fraction of sp³-hybridized carbons (Fsp3) is 0.800. The molecule has 0 spiro atoms. The number of carboxylic acid groups (broad SMARTS) is 1. The van der Waals surface area contributed by atoms with Crippen molar-refractivity contribution in [1.82, 2.24) is 15.2 Å². The fourth-order valence-corrected chi connectivity index (χ4v) is 4.35. The van der Waals surface area contributed by atoms with Crippen molar-refractivity contribution in [2.75, 3.05) is 0 Å². The zero-order chi connectivity index (χ0) is 15.6. The number of nitrogens with one attached hydrogen (secondary N) is 1. The largest absolute Gasteiger partial charge is 0.481 e. The first-order chi connectivity index (χ1) is 9.83. The number of aryl methyl sites for hydroxylation is 1. The summed E-state index contributed by atoms with van der Waals surface area (Å²) in [7, 11) is 0. The maximum Gasteiger partial charge on any atom is 0.307 e. The molecule has 6 heteroatoms. The molecule has 0 bridgehead atoms. The smallest absolute Gasteiger partial charge is 0.307 e. The molecule has 1 fully saturated rings. The minimum absolute atomic E-state index is 0.0577. The topological polar surface area (TPSA) is 78.9 Å². The van der Waals surface area contributed by atoms with E-state index in [0.29, 0.717) is 11.1 Å². The van der Waals surface area contributed by atoms with Crippen LogP contribution in [0.15, 0.2) is 5.16 Å². The van der Waals surface area contributed by atoms with Crippen molar-refractivity contribution >= 4 is 17.7 Å². The van der Waals surface area contributed by atoms with Crippen LogP contribution in [0.4, 0.5) is 0 Å². The Morgan fingerprint density at radius 3 is 2.71 bits per heavy atom. The van der Waals surface area contributed by atoms with Gasteiger partial charge in [0.1, 0.15) is 5.82 Å². The van der Waals surface area contributed by atoms with E-state index in [1.165, 1.54) is 11.8 Å². The molecule has 0 radical (unpaired) electrons. The number of aromatic nitrogens is 3. The van der Waals surface area contributed by atoms with Gasteiger partial charge in [0.05, 0.1) is 5.92 Å². The van der Waals surface area contributed by atoms with Crippen LogP contribution < -0.4 is 0 Å². The van der Waals surface area contributed by atoms with E-state index in [1.54, 1.807) is 0 Å². The van der Waals surface area contributed by atoms with Crippen molar-refractivity contribution in [3.05, 3.63) is 5.82 Å². The Morgan fingerprint density at radius 2 is 2.19 bits per heavy atom. The standard InChI is InChI=1S/C15H25N3O2S/c1-5-15(3,4)10-6-7-11(13(19)20)12(8-10)21-14-16-9(2)17-18-14/h10-12H,5-8H2,1-4H3,(H,19,20)(H,16,17,18). The van der Waals surface area contributed by atoms with Crippen molar-refractivity contribution in [3.63, 3.8) is 0 Å². The third-order valence-corrected chi connectivity index (χ3v) is 6.18. The second-order valence-corrected chi connectivity index (χ2v) is 7.86. The van der Waals surface area contributed by atoms with Crippen LogP contribution in [0.2, 0.25) is 0 Å². The molecule has 21 heavy (non-hydrogen) atoms. The Labute approximate surface area is 130 Å². The van der Waals surface area contributed by atoms with Crippen LogP contribution in [0.5, 0.6) is 0 Å². The highest BCUT2D eigenvalue weighted by atomic mass is 32.2. The molecule has 1 saturated carbocycles. The van der Waals surface area contributed by atoms with Gasteiger partial charge in [-0.3, -0.25) is 9.89 Å². The summed E-state index contributed by atoms with van der Waals surface area (Å²) in [6.45, 7) is 8.65. The number of aromatic amines is 1. The van der Waals surface area contributed by atoms with E-state index in [-0.39, 0.29) is 16.6 Å². The zero-order valence-electron chi connectivity index (χ0n) is 13.2. The molecular weight excluding hydrogens is 286 g/mol. The number of carboxylic acids is 1. The lowest BCUT2D eigenvalue weighted by Gasteiger charge is -2.41. The van der Waals surface area contributed by atoms with Gasteiger partial charge in [-0.1, -0.05) is 39.0 Å². The highest BCUT2D eigenvalue weighted by Gasteiger charge is 2.40. The van der Waals surface area contributed by atoms with Crippen molar-refractivity contribution in [1.29, 1.82) is 0 Å². The molecule has 1 aliphatic carbocycles. The minimum atomic E-state index is -0.687. The van der Waals surface area contributed by atoms with Crippen molar-refractivity contribution in [3.8, 4) is 0 Å². The molecule has 5 nitrogen and oxygen atoms in total. The van der Waals surface area contributed by atoms with E-state index in [4.69, 9.17) is 0 Å². The first kappa shape index (κ1) is 16.3. The SMILES string of the molecule is CCC(C)(C)C1CCC(C(=O)O)C(Sc2n[nH]c(C)n2)C1. The number of rotatable bonds is 5. The Morgan fingerprint density at radius 1 is 1.48 bits per heavy atom. The van der Waals surface area contributed by atoms with Crippen molar-refractivity contribution in [2.45, 2.75) is 63.8 Å². The summed E-state index contributed by atoms with van der Waals surface area (Å²) >= 11 is 1.52. The van der Waals surface area contributed by atoms with Gasteiger partial charge < -0.3 is 5.11 Å². The molecule has 1 heterocycles. The number of hydrogen-bond acceptors (Lipinski definition) is 4. The Kier molecular flexibility index (Phi) is 4.96. The van der Waals surface area contributed by atoms with Crippen LogP contribution in [0.1, 0.15) is 52.3 Å². The highest BCUT2D eigenvalue weighted by molar-refractivity contribution is 7.99. The number of carbonyl (C=O) groups is 1. The molecule has 0 aromatic carbocycles. The summed E-state index contributed by atoms with van der Waals surface area (Å²) in [5.41, 5.74) is 0.261. The Balaban J connectivity index is 2.13. The summed E-state index contributed by atoms with van der Waals surface area (Å²) in [5.74, 6) is 0.353. The average Bonchev–Trinajstić information content (AvgIpc) is 2.83. The Hall–Kier alpha value is -1.04. The molecule has 0 aliphatic heterocycles. The van der Waals surface area contributed by atoms with Gasteiger partial charge in [0, 0.05) is 5.25 Å². The van der Waals surface area contributed by atoms with Crippen LogP contribution in [0, 0.1) is 24.2 Å². The first-order valence-corrected chi connectivity index (χ1v) is 8.50. The molecule has 3 unspecified atom stereocenters. The van der Waals surface area contributed by atoms with E-state index < -0.39 is 5.97 Å². The molecule has 2 rings (SSSR count). The van der Waals surface area contributed by atoms with Gasteiger partial charge in [-0.05, 0) is 37.5 Å². The molecule has 0 saturated heterocycles. The van der Waals surface area contributed by atoms with Crippen molar-refractivity contribution < 1.29 is 9.90 Å². The molecule has 118 valence electrons. The molecule has 1 aromatic rings. The second kappa shape index (κ2) is 6.38. The summed E-state index contributed by atoms with van der Waals surface area (Å²) in [6.07, 6.45) is 3.80. The van der Waals surface area contributed by atoms with Crippen LogP contribution in [-0.2, 0) is 4.79 Å². The number of H-pyrrole nitrogens is 1. The number of thioether (sulfide) groups is 1. The summed E-state index contributed by atoms with van der Waals surface area (Å²) < 4.78 is 0. The van der Waals surface area contributed by atoms with Crippen LogP contribution >= 0.6 is 11.8 Å². The van der Waals surface area contributed by atoms with Gasteiger partial charge >= 0.3 is 5.97 Å². The fourth-order valence-electron chi connectivity index (χ4n) is 3.05. The zero-order valence-corrected chi connectivity index (χ0v) is 14.0. The third kappa shape index (κ3) is 3.78. The lowest BCUT2D eigenvalue weighted by atomic mass is 9.67. The lowest BCUT2D eigenvalue weighted by Crippen LogP contribution is -2.37. The summed E-state index contributed by atoms with van der Waals surface area (Å²) in [4.78, 5) is 15.8. The monoisotopic (exact) mass is 311 g/mol. The predicted molar refractivity (Wildman–Crippen MR) is 83.3 cm³/mol. The van der Waals surface area contributed by atoms with Crippen LogP contribution in [0.25, 0.3) is 0 Å². The Bertz CT molecular complexity index is 501. The molecule has 1 aliphatic rings. The van der Waals surface area contributed by atoms with Crippen molar-refractivity contribution in [2.24, 2.45) is 17.3 Å². The number of nitrogens with zero attached hydrogens (tertiary/aromatic N) is 2. The second-order valence-electron chi connectivity index (χ2n) is 6.66. The van der Waals surface area contributed by atoms with E-state index >= 15 is 0 Å². The summed E-state index contributed by atoms with van der Waals surface area (Å²) in [5, 5.41) is 17.2. The molecule has 3 atom stereocenters. The molecule has 1 aromatic heterocycles. The predicted octanol–water partition coefficient (Wildman–Crippen LogP) is 3.51. The van der Waals surface area contributed by atoms with E-state index in [2.05, 4.69) is 36.0 Å². The van der Waals surface area contributed by atoms with Crippen LogP contribution in [0.3, 0.4) is 0 Å². The van der Waals surface area contributed by atoms with Crippen LogP contribution in [-0.4, -0.2) is 31.5 Å². The average molecular weight is 311 g/mol.